The van der Waals surface area contributed by atoms with E-state index in [1.165, 1.54) is 0 Å². The normalized spacial score (nSPS) is 14.1. The van der Waals surface area contributed by atoms with Crippen molar-refractivity contribution in [2.45, 2.75) is 12.8 Å². The van der Waals surface area contributed by atoms with E-state index in [0.29, 0.717) is 13.0 Å². The molecular weight excluding hydrogens is 272 g/mol. The number of fused-ring (bicyclic) bond motifs is 1. The molecular formula is C11H11BrN2O2. The Morgan fingerprint density at radius 3 is 2.94 bits per heavy atom. The summed E-state index contributed by atoms with van der Waals surface area (Å²) in [6.45, 7) is 0.364. The van der Waals surface area contributed by atoms with Crippen molar-refractivity contribution in [1.29, 1.82) is 0 Å². The van der Waals surface area contributed by atoms with Crippen molar-refractivity contribution in [2.75, 3.05) is 11.4 Å². The van der Waals surface area contributed by atoms with Crippen LogP contribution in [0.3, 0.4) is 0 Å². The number of carbonyl (C=O) groups excluding carboxylic acids is 2. The number of nitrogens with two attached hydrogens (primary N) is 1. The number of rotatable bonds is 3. The van der Waals surface area contributed by atoms with Crippen molar-refractivity contribution >= 4 is 33.4 Å². The van der Waals surface area contributed by atoms with Crippen molar-refractivity contribution in [2.24, 2.45) is 5.73 Å². The Kier molecular flexibility index (Phi) is 2.96. The molecule has 0 bridgehead atoms. The molecule has 0 fully saturated rings. The minimum atomic E-state index is -0.390. The number of carbonyl (C=O) groups is 2. The summed E-state index contributed by atoms with van der Waals surface area (Å²) >= 11 is 3.36. The van der Waals surface area contributed by atoms with Gasteiger partial charge >= 0.3 is 0 Å². The quantitative estimate of drug-likeness (QED) is 0.906. The molecule has 1 aliphatic rings. The topological polar surface area (TPSA) is 63.4 Å². The van der Waals surface area contributed by atoms with E-state index in [-0.39, 0.29) is 12.3 Å². The molecule has 0 atom stereocenters. The number of halogens is 1. The maximum Gasteiger partial charge on any atom is 0.231 e. The first-order valence-corrected chi connectivity index (χ1v) is 5.74. The van der Waals surface area contributed by atoms with Gasteiger partial charge in [0.05, 0.1) is 6.42 Å². The Hall–Kier alpha value is -1.36. The molecule has 16 heavy (non-hydrogen) atoms. The van der Waals surface area contributed by atoms with E-state index in [1.807, 2.05) is 18.2 Å². The van der Waals surface area contributed by atoms with Gasteiger partial charge in [-0.3, -0.25) is 9.59 Å². The summed E-state index contributed by atoms with van der Waals surface area (Å²) in [5.41, 5.74) is 6.95. The van der Waals surface area contributed by atoms with Crippen LogP contribution in [0.25, 0.3) is 0 Å². The molecule has 1 aromatic rings. The fourth-order valence-corrected chi connectivity index (χ4v) is 2.23. The lowest BCUT2D eigenvalue weighted by atomic mass is 10.2. The minimum absolute atomic E-state index is 0.0225. The predicted octanol–water partition coefficient (Wildman–Crippen LogP) is 1.21. The van der Waals surface area contributed by atoms with E-state index in [9.17, 15) is 9.59 Å². The van der Waals surface area contributed by atoms with Gasteiger partial charge in [-0.2, -0.15) is 0 Å². The third kappa shape index (κ3) is 2.09. The lowest BCUT2D eigenvalue weighted by Crippen LogP contribution is -2.30. The standard InChI is InChI=1S/C11H11BrN2O2/c12-8-1-2-9-7(5-8)6-11(16)14(9)4-3-10(13)15/h1-2,5H,3-4,6H2,(H2,13,15). The first-order valence-electron chi connectivity index (χ1n) is 4.95. The van der Waals surface area contributed by atoms with E-state index >= 15 is 0 Å². The summed E-state index contributed by atoms with van der Waals surface area (Å²) in [5.74, 6) is -0.368. The molecule has 0 unspecified atom stereocenters. The summed E-state index contributed by atoms with van der Waals surface area (Å²) in [6, 6.07) is 5.69. The first-order chi connectivity index (χ1) is 7.58. The Labute approximate surface area is 102 Å². The molecule has 2 amide bonds. The van der Waals surface area contributed by atoms with Gasteiger partial charge < -0.3 is 10.6 Å². The molecule has 0 aliphatic carbocycles. The van der Waals surface area contributed by atoms with E-state index < -0.39 is 5.91 Å². The highest BCUT2D eigenvalue weighted by atomic mass is 79.9. The average molecular weight is 283 g/mol. The van der Waals surface area contributed by atoms with Crippen LogP contribution < -0.4 is 10.6 Å². The summed E-state index contributed by atoms with van der Waals surface area (Å²) in [4.78, 5) is 24.0. The molecule has 1 heterocycles. The lowest BCUT2D eigenvalue weighted by molar-refractivity contribution is -0.118. The Balaban J connectivity index is 2.22. The Morgan fingerprint density at radius 1 is 1.50 bits per heavy atom. The van der Waals surface area contributed by atoms with Gasteiger partial charge in [0.25, 0.3) is 0 Å². The lowest BCUT2D eigenvalue weighted by Gasteiger charge is -2.16. The molecule has 1 aromatic carbocycles. The highest BCUT2D eigenvalue weighted by Gasteiger charge is 2.26. The van der Waals surface area contributed by atoms with Gasteiger partial charge in [0.2, 0.25) is 11.8 Å². The summed E-state index contributed by atoms with van der Waals surface area (Å²) in [6.07, 6.45) is 0.592. The molecule has 0 aromatic heterocycles. The average Bonchev–Trinajstić information content (AvgIpc) is 2.50. The van der Waals surface area contributed by atoms with Crippen LogP contribution in [-0.4, -0.2) is 18.4 Å². The van der Waals surface area contributed by atoms with E-state index in [0.717, 1.165) is 15.7 Å². The highest BCUT2D eigenvalue weighted by Crippen LogP contribution is 2.31. The zero-order valence-corrected chi connectivity index (χ0v) is 10.2. The van der Waals surface area contributed by atoms with Crippen molar-refractivity contribution in [3.05, 3.63) is 28.2 Å². The van der Waals surface area contributed by atoms with Crippen LogP contribution in [0.15, 0.2) is 22.7 Å². The fourth-order valence-electron chi connectivity index (χ4n) is 1.82. The predicted molar refractivity (Wildman–Crippen MR) is 64.0 cm³/mol. The second-order valence-electron chi connectivity index (χ2n) is 3.71. The van der Waals surface area contributed by atoms with Crippen LogP contribution in [0.1, 0.15) is 12.0 Å². The zero-order chi connectivity index (χ0) is 11.7. The van der Waals surface area contributed by atoms with Crippen LogP contribution >= 0.6 is 15.9 Å². The monoisotopic (exact) mass is 282 g/mol. The molecule has 0 radical (unpaired) electrons. The molecule has 2 N–H and O–H groups in total. The molecule has 2 rings (SSSR count). The van der Waals surface area contributed by atoms with Crippen molar-refractivity contribution < 1.29 is 9.59 Å². The molecule has 84 valence electrons. The van der Waals surface area contributed by atoms with Crippen molar-refractivity contribution in [3.63, 3.8) is 0 Å². The third-order valence-electron chi connectivity index (χ3n) is 2.56. The summed E-state index contributed by atoms with van der Waals surface area (Å²) < 4.78 is 0.954. The summed E-state index contributed by atoms with van der Waals surface area (Å²) in [5, 5.41) is 0. The van der Waals surface area contributed by atoms with E-state index in [2.05, 4.69) is 15.9 Å². The largest absolute Gasteiger partial charge is 0.370 e. The summed E-state index contributed by atoms with van der Waals surface area (Å²) in [7, 11) is 0. The van der Waals surface area contributed by atoms with E-state index in [1.54, 1.807) is 4.90 Å². The maximum atomic E-state index is 11.7. The van der Waals surface area contributed by atoms with Gasteiger partial charge in [-0.1, -0.05) is 15.9 Å². The molecule has 0 saturated heterocycles. The SMILES string of the molecule is NC(=O)CCN1C(=O)Cc2cc(Br)ccc21. The van der Waals surface area contributed by atoms with Crippen molar-refractivity contribution in [1.82, 2.24) is 0 Å². The van der Waals surface area contributed by atoms with Gasteiger partial charge in [-0.15, -0.1) is 0 Å². The van der Waals surface area contributed by atoms with E-state index in [4.69, 9.17) is 5.73 Å². The number of hydrogen-bond donors (Lipinski definition) is 1. The van der Waals surface area contributed by atoms with Gasteiger partial charge in [0.1, 0.15) is 0 Å². The van der Waals surface area contributed by atoms with Crippen LogP contribution in [-0.2, 0) is 16.0 Å². The van der Waals surface area contributed by atoms with Gasteiger partial charge in [0, 0.05) is 23.1 Å². The molecule has 1 aliphatic heterocycles. The minimum Gasteiger partial charge on any atom is -0.370 e. The number of benzene rings is 1. The molecule has 4 nitrogen and oxygen atoms in total. The molecule has 5 heteroatoms. The fraction of sp³-hybridized carbons (Fsp3) is 0.273. The number of hydrogen-bond acceptors (Lipinski definition) is 2. The molecule has 0 spiro atoms. The van der Waals surface area contributed by atoms with Crippen molar-refractivity contribution in [3.8, 4) is 0 Å². The van der Waals surface area contributed by atoms with Crippen LogP contribution in [0, 0.1) is 0 Å². The second kappa shape index (κ2) is 4.25. The van der Waals surface area contributed by atoms with Gasteiger partial charge in [-0.25, -0.2) is 0 Å². The highest BCUT2D eigenvalue weighted by molar-refractivity contribution is 9.10. The Morgan fingerprint density at radius 2 is 2.25 bits per heavy atom. The molecule has 0 saturated carbocycles. The maximum absolute atomic E-state index is 11.7. The first kappa shape index (κ1) is 11.1. The van der Waals surface area contributed by atoms with Crippen LogP contribution in [0.2, 0.25) is 0 Å². The number of anilines is 1. The Bertz CT molecular complexity index is 459. The van der Waals surface area contributed by atoms with Gasteiger partial charge in [0.15, 0.2) is 0 Å². The van der Waals surface area contributed by atoms with Gasteiger partial charge in [-0.05, 0) is 23.8 Å². The van der Waals surface area contributed by atoms with Crippen LogP contribution in [0.4, 0.5) is 5.69 Å². The van der Waals surface area contributed by atoms with Crippen LogP contribution in [0.5, 0.6) is 0 Å². The number of primary amides is 1. The smallest absolute Gasteiger partial charge is 0.231 e. The third-order valence-corrected chi connectivity index (χ3v) is 3.05. The second-order valence-corrected chi connectivity index (χ2v) is 4.63. The zero-order valence-electron chi connectivity index (χ0n) is 8.57. The number of nitrogens with zero attached hydrogens (tertiary/aromatic N) is 1. The number of amides is 2.